The molecule has 2 unspecified atom stereocenters. The van der Waals surface area contributed by atoms with E-state index in [9.17, 15) is 0 Å². The molecule has 1 nitrogen and oxygen atoms in total. The quantitative estimate of drug-likeness (QED) is 0.738. The van der Waals surface area contributed by atoms with Crippen molar-refractivity contribution in [3.8, 4) is 0 Å². The molecule has 1 saturated heterocycles. The molecule has 0 N–H and O–H groups in total. The summed E-state index contributed by atoms with van der Waals surface area (Å²) in [4.78, 5) is 0. The van der Waals surface area contributed by atoms with Crippen molar-refractivity contribution in [2.45, 2.75) is 25.9 Å². The minimum atomic E-state index is 0.319. The molecular formula is C12H15BrO. The van der Waals surface area contributed by atoms with Crippen LogP contribution in [0.3, 0.4) is 0 Å². The maximum atomic E-state index is 5.80. The number of halogens is 1. The van der Waals surface area contributed by atoms with Gasteiger partial charge in [-0.2, -0.15) is 0 Å². The minimum absolute atomic E-state index is 0.319. The first-order valence-corrected chi connectivity index (χ1v) is 5.92. The third-order valence-corrected chi connectivity index (χ3v) is 3.27. The molecule has 14 heavy (non-hydrogen) atoms. The molecule has 1 aromatic carbocycles. The largest absolute Gasteiger partial charge is 0.373 e. The molecule has 1 heterocycles. The molecule has 1 fully saturated rings. The molecule has 0 spiro atoms. The maximum absolute atomic E-state index is 5.80. The molecule has 1 aliphatic rings. The van der Waals surface area contributed by atoms with Crippen molar-refractivity contribution < 1.29 is 4.74 Å². The summed E-state index contributed by atoms with van der Waals surface area (Å²) >= 11 is 3.44. The van der Waals surface area contributed by atoms with Crippen LogP contribution in [0.2, 0.25) is 0 Å². The molecule has 1 aliphatic heterocycles. The van der Waals surface area contributed by atoms with Crippen molar-refractivity contribution in [2.24, 2.45) is 5.92 Å². The summed E-state index contributed by atoms with van der Waals surface area (Å²) in [6.07, 6.45) is 2.75. The molecule has 0 aromatic heterocycles. The SMILES string of the molecule is CC1CCC(c2ccc(Br)cc2)OC1. The monoisotopic (exact) mass is 254 g/mol. The first-order valence-electron chi connectivity index (χ1n) is 5.13. The first-order chi connectivity index (χ1) is 6.75. The molecule has 0 saturated carbocycles. The number of ether oxygens (including phenoxy) is 1. The molecule has 2 atom stereocenters. The Bertz CT molecular complexity index is 286. The Balaban J connectivity index is 2.05. The average Bonchev–Trinajstić information content (AvgIpc) is 2.21. The van der Waals surface area contributed by atoms with Crippen LogP contribution in [0, 0.1) is 5.92 Å². The first kappa shape index (κ1) is 10.2. The smallest absolute Gasteiger partial charge is 0.0825 e. The zero-order valence-corrected chi connectivity index (χ0v) is 9.96. The highest BCUT2D eigenvalue weighted by molar-refractivity contribution is 9.10. The van der Waals surface area contributed by atoms with Gasteiger partial charge in [-0.25, -0.2) is 0 Å². The molecule has 0 radical (unpaired) electrons. The van der Waals surface area contributed by atoms with Gasteiger partial charge in [0.05, 0.1) is 6.10 Å². The minimum Gasteiger partial charge on any atom is -0.373 e. The fourth-order valence-electron chi connectivity index (χ4n) is 1.82. The lowest BCUT2D eigenvalue weighted by molar-refractivity contribution is -0.0123. The van der Waals surface area contributed by atoms with Gasteiger partial charge in [-0.05, 0) is 36.5 Å². The van der Waals surface area contributed by atoms with Gasteiger partial charge in [-0.3, -0.25) is 0 Å². The van der Waals surface area contributed by atoms with Crippen molar-refractivity contribution in [3.63, 3.8) is 0 Å². The summed E-state index contributed by atoms with van der Waals surface area (Å²) in [5.41, 5.74) is 1.31. The Morgan fingerprint density at radius 2 is 1.93 bits per heavy atom. The third-order valence-electron chi connectivity index (χ3n) is 2.75. The van der Waals surface area contributed by atoms with E-state index < -0.39 is 0 Å². The fourth-order valence-corrected chi connectivity index (χ4v) is 2.09. The Morgan fingerprint density at radius 3 is 2.50 bits per heavy atom. The lowest BCUT2D eigenvalue weighted by Crippen LogP contribution is -2.18. The molecule has 0 bridgehead atoms. The van der Waals surface area contributed by atoms with Crippen LogP contribution >= 0.6 is 15.9 Å². The predicted molar refractivity (Wildman–Crippen MR) is 61.2 cm³/mol. The van der Waals surface area contributed by atoms with Crippen molar-refractivity contribution in [1.82, 2.24) is 0 Å². The average molecular weight is 255 g/mol. The van der Waals surface area contributed by atoms with E-state index in [-0.39, 0.29) is 0 Å². The van der Waals surface area contributed by atoms with E-state index in [1.165, 1.54) is 12.0 Å². The lowest BCUT2D eigenvalue weighted by atomic mass is 9.96. The highest BCUT2D eigenvalue weighted by atomic mass is 79.9. The molecule has 0 aliphatic carbocycles. The van der Waals surface area contributed by atoms with Gasteiger partial charge in [-0.1, -0.05) is 35.0 Å². The van der Waals surface area contributed by atoms with Gasteiger partial charge in [0.2, 0.25) is 0 Å². The number of hydrogen-bond acceptors (Lipinski definition) is 1. The van der Waals surface area contributed by atoms with Crippen molar-refractivity contribution in [2.75, 3.05) is 6.61 Å². The topological polar surface area (TPSA) is 9.23 Å². The molecule has 76 valence electrons. The van der Waals surface area contributed by atoms with Gasteiger partial charge in [-0.15, -0.1) is 0 Å². The molecule has 1 aromatic rings. The van der Waals surface area contributed by atoms with Crippen molar-refractivity contribution in [3.05, 3.63) is 34.3 Å². The Kier molecular flexibility index (Phi) is 3.24. The lowest BCUT2D eigenvalue weighted by Gasteiger charge is -2.27. The second-order valence-corrected chi connectivity index (χ2v) is 4.97. The van der Waals surface area contributed by atoms with Gasteiger partial charge < -0.3 is 4.74 Å². The fraction of sp³-hybridized carbons (Fsp3) is 0.500. The summed E-state index contributed by atoms with van der Waals surface area (Å²) in [6.45, 7) is 3.15. The van der Waals surface area contributed by atoms with Crippen LogP contribution in [0.4, 0.5) is 0 Å². The third kappa shape index (κ3) is 2.37. The zero-order valence-electron chi connectivity index (χ0n) is 8.37. The second-order valence-electron chi connectivity index (χ2n) is 4.06. The van der Waals surface area contributed by atoms with E-state index in [1.54, 1.807) is 0 Å². The second kappa shape index (κ2) is 4.45. The maximum Gasteiger partial charge on any atom is 0.0825 e. The van der Waals surface area contributed by atoms with Crippen LogP contribution in [0.5, 0.6) is 0 Å². The Labute approximate surface area is 93.6 Å². The Hall–Kier alpha value is -0.340. The standard InChI is InChI=1S/C12H15BrO/c1-9-2-7-12(14-8-9)10-3-5-11(13)6-4-10/h3-6,9,12H,2,7-8H2,1H3. The van der Waals surface area contributed by atoms with E-state index in [4.69, 9.17) is 4.74 Å². The van der Waals surface area contributed by atoms with Crippen LogP contribution in [-0.2, 0) is 4.74 Å². The van der Waals surface area contributed by atoms with Crippen LogP contribution in [0.25, 0.3) is 0 Å². The van der Waals surface area contributed by atoms with Crippen LogP contribution in [-0.4, -0.2) is 6.61 Å². The number of benzene rings is 1. The van der Waals surface area contributed by atoms with Gasteiger partial charge in [0, 0.05) is 11.1 Å². The normalized spacial score (nSPS) is 27.6. The van der Waals surface area contributed by atoms with Gasteiger partial charge in [0.15, 0.2) is 0 Å². The summed E-state index contributed by atoms with van der Waals surface area (Å²) < 4.78 is 6.93. The van der Waals surface area contributed by atoms with Crippen LogP contribution < -0.4 is 0 Å². The van der Waals surface area contributed by atoms with E-state index in [2.05, 4.69) is 47.1 Å². The predicted octanol–water partition coefficient (Wildman–Crippen LogP) is 3.94. The van der Waals surface area contributed by atoms with E-state index in [0.29, 0.717) is 6.10 Å². The number of hydrogen-bond donors (Lipinski definition) is 0. The summed E-state index contributed by atoms with van der Waals surface area (Å²) in [6, 6.07) is 8.45. The van der Waals surface area contributed by atoms with E-state index >= 15 is 0 Å². The zero-order chi connectivity index (χ0) is 9.97. The molecule has 2 heteroatoms. The van der Waals surface area contributed by atoms with Gasteiger partial charge in [0.25, 0.3) is 0 Å². The number of rotatable bonds is 1. The van der Waals surface area contributed by atoms with E-state index in [0.717, 1.165) is 23.4 Å². The van der Waals surface area contributed by atoms with Crippen molar-refractivity contribution in [1.29, 1.82) is 0 Å². The highest BCUT2D eigenvalue weighted by Gasteiger charge is 2.19. The van der Waals surface area contributed by atoms with Crippen LogP contribution in [0.1, 0.15) is 31.4 Å². The molecular weight excluding hydrogens is 240 g/mol. The van der Waals surface area contributed by atoms with Crippen molar-refractivity contribution >= 4 is 15.9 Å². The van der Waals surface area contributed by atoms with Gasteiger partial charge in [0.1, 0.15) is 0 Å². The Morgan fingerprint density at radius 1 is 1.21 bits per heavy atom. The molecule has 0 amide bonds. The van der Waals surface area contributed by atoms with Gasteiger partial charge >= 0.3 is 0 Å². The summed E-state index contributed by atoms with van der Waals surface area (Å²) in [5.74, 6) is 0.724. The van der Waals surface area contributed by atoms with E-state index in [1.807, 2.05) is 0 Å². The molecule has 2 rings (SSSR count). The van der Waals surface area contributed by atoms with Crippen LogP contribution in [0.15, 0.2) is 28.7 Å². The summed E-state index contributed by atoms with van der Waals surface area (Å²) in [5, 5.41) is 0. The summed E-state index contributed by atoms with van der Waals surface area (Å²) in [7, 11) is 0. The highest BCUT2D eigenvalue weighted by Crippen LogP contribution is 2.30.